The van der Waals surface area contributed by atoms with Crippen LogP contribution in [0, 0.1) is 5.92 Å². The number of hydrogen-bond donors (Lipinski definition) is 0. The molecule has 1 atom stereocenters. The van der Waals surface area contributed by atoms with Gasteiger partial charge in [0.05, 0.1) is 0 Å². The third-order valence-corrected chi connectivity index (χ3v) is 3.70. The van der Waals surface area contributed by atoms with E-state index in [9.17, 15) is 0 Å². The van der Waals surface area contributed by atoms with Crippen LogP contribution in [0.3, 0.4) is 0 Å². The fourth-order valence-corrected chi connectivity index (χ4v) is 2.57. The number of hydrogen-bond acceptors (Lipinski definition) is 0. The monoisotopic (exact) mass is 256 g/mol. The first kappa shape index (κ1) is 15.8. The SMILES string of the molecule is C=Cc1ccccc1CCC(C=CC)CCCCC. The summed E-state index contributed by atoms with van der Waals surface area (Å²) >= 11 is 0. The molecule has 1 unspecified atom stereocenters. The standard InChI is InChI=1S/C19H28/c1-4-7-8-12-17(11-5-2)15-16-19-14-10-9-13-18(19)6-3/h5-6,9-11,13-14,17H,3-4,7-8,12,15-16H2,1-2H3. The molecule has 0 aliphatic rings. The molecule has 0 heterocycles. The van der Waals surface area contributed by atoms with Crippen LogP contribution >= 0.6 is 0 Å². The molecule has 1 aromatic carbocycles. The molecule has 1 rings (SSSR count). The van der Waals surface area contributed by atoms with Crippen molar-refractivity contribution in [3.8, 4) is 0 Å². The lowest BCUT2D eigenvalue weighted by atomic mass is 9.92. The molecule has 0 bridgehead atoms. The predicted molar refractivity (Wildman–Crippen MR) is 87.3 cm³/mol. The van der Waals surface area contributed by atoms with Crippen LogP contribution in [0.2, 0.25) is 0 Å². The van der Waals surface area contributed by atoms with Gasteiger partial charge < -0.3 is 0 Å². The average Bonchev–Trinajstić information content (AvgIpc) is 2.45. The third-order valence-electron chi connectivity index (χ3n) is 3.70. The second-order valence-electron chi connectivity index (χ2n) is 5.22. The molecular weight excluding hydrogens is 228 g/mol. The summed E-state index contributed by atoms with van der Waals surface area (Å²) in [6.07, 6.45) is 14.3. The molecule has 19 heavy (non-hydrogen) atoms. The molecule has 0 radical (unpaired) electrons. The predicted octanol–water partition coefficient (Wildman–Crippen LogP) is 6.03. The third kappa shape index (κ3) is 5.92. The van der Waals surface area contributed by atoms with Gasteiger partial charge in [-0.1, -0.05) is 75.3 Å². The van der Waals surface area contributed by atoms with Crippen molar-refractivity contribution in [2.24, 2.45) is 5.92 Å². The lowest BCUT2D eigenvalue weighted by molar-refractivity contribution is 0.507. The van der Waals surface area contributed by atoms with Crippen molar-refractivity contribution in [2.45, 2.75) is 52.4 Å². The van der Waals surface area contributed by atoms with E-state index in [2.05, 4.69) is 56.8 Å². The summed E-state index contributed by atoms with van der Waals surface area (Å²) in [5, 5.41) is 0. The molecule has 1 aromatic rings. The Kier molecular flexibility index (Phi) is 7.97. The summed E-state index contributed by atoms with van der Waals surface area (Å²) < 4.78 is 0. The summed E-state index contributed by atoms with van der Waals surface area (Å²) in [4.78, 5) is 0. The molecule has 0 spiro atoms. The first-order valence-electron chi connectivity index (χ1n) is 7.65. The van der Waals surface area contributed by atoms with E-state index < -0.39 is 0 Å². The molecule has 0 saturated carbocycles. The Labute approximate surface area is 119 Å². The number of aryl methyl sites for hydroxylation is 1. The van der Waals surface area contributed by atoms with Crippen LogP contribution in [0.1, 0.15) is 57.1 Å². The van der Waals surface area contributed by atoms with Crippen LogP contribution in [0.4, 0.5) is 0 Å². The normalized spacial score (nSPS) is 12.7. The van der Waals surface area contributed by atoms with Crippen molar-refractivity contribution in [3.63, 3.8) is 0 Å². The van der Waals surface area contributed by atoms with Crippen LogP contribution in [0.15, 0.2) is 43.0 Å². The van der Waals surface area contributed by atoms with Gasteiger partial charge in [0.15, 0.2) is 0 Å². The quantitative estimate of drug-likeness (QED) is 0.373. The van der Waals surface area contributed by atoms with E-state index in [1.807, 2.05) is 6.08 Å². The van der Waals surface area contributed by atoms with Gasteiger partial charge >= 0.3 is 0 Å². The van der Waals surface area contributed by atoms with Gasteiger partial charge in [-0.15, -0.1) is 0 Å². The Bertz CT molecular complexity index is 387. The lowest BCUT2D eigenvalue weighted by Crippen LogP contribution is -2.00. The molecule has 104 valence electrons. The van der Waals surface area contributed by atoms with Crippen molar-refractivity contribution in [3.05, 3.63) is 54.1 Å². The van der Waals surface area contributed by atoms with Gasteiger partial charge in [-0.05, 0) is 43.2 Å². The van der Waals surface area contributed by atoms with E-state index in [4.69, 9.17) is 0 Å². The molecule has 0 nitrogen and oxygen atoms in total. The molecular formula is C19H28. The van der Waals surface area contributed by atoms with E-state index >= 15 is 0 Å². The van der Waals surface area contributed by atoms with E-state index in [1.165, 1.54) is 43.2 Å². The van der Waals surface area contributed by atoms with Crippen molar-refractivity contribution in [2.75, 3.05) is 0 Å². The van der Waals surface area contributed by atoms with Crippen molar-refractivity contribution in [1.82, 2.24) is 0 Å². The van der Waals surface area contributed by atoms with Gasteiger partial charge in [-0.3, -0.25) is 0 Å². The molecule has 0 amide bonds. The largest absolute Gasteiger partial charge is 0.0985 e. The minimum Gasteiger partial charge on any atom is -0.0985 e. The summed E-state index contributed by atoms with van der Waals surface area (Å²) in [5.41, 5.74) is 2.72. The Morgan fingerprint density at radius 1 is 1.16 bits per heavy atom. The zero-order valence-corrected chi connectivity index (χ0v) is 12.6. The number of benzene rings is 1. The highest BCUT2D eigenvalue weighted by molar-refractivity contribution is 5.51. The maximum Gasteiger partial charge on any atom is -0.0230 e. The van der Waals surface area contributed by atoms with Gasteiger partial charge in [-0.2, -0.15) is 0 Å². The second-order valence-corrected chi connectivity index (χ2v) is 5.22. The molecule has 0 N–H and O–H groups in total. The number of unbranched alkanes of at least 4 members (excludes halogenated alkanes) is 2. The van der Waals surface area contributed by atoms with Crippen LogP contribution in [-0.4, -0.2) is 0 Å². The summed E-state index contributed by atoms with van der Waals surface area (Å²) in [5.74, 6) is 0.731. The Hall–Kier alpha value is -1.30. The van der Waals surface area contributed by atoms with E-state index in [0.717, 1.165) is 12.3 Å². The molecule has 0 saturated heterocycles. The van der Waals surface area contributed by atoms with Gasteiger partial charge in [0.25, 0.3) is 0 Å². The van der Waals surface area contributed by atoms with Gasteiger partial charge in [0, 0.05) is 0 Å². The smallest absolute Gasteiger partial charge is 0.0230 e. The Morgan fingerprint density at radius 2 is 1.95 bits per heavy atom. The van der Waals surface area contributed by atoms with Crippen molar-refractivity contribution in [1.29, 1.82) is 0 Å². The van der Waals surface area contributed by atoms with Crippen LogP contribution < -0.4 is 0 Å². The second kappa shape index (κ2) is 9.61. The summed E-state index contributed by atoms with van der Waals surface area (Å²) in [6.45, 7) is 8.30. The first-order valence-corrected chi connectivity index (χ1v) is 7.65. The van der Waals surface area contributed by atoms with Gasteiger partial charge in [-0.25, -0.2) is 0 Å². The van der Waals surface area contributed by atoms with E-state index in [0.29, 0.717) is 0 Å². The van der Waals surface area contributed by atoms with Crippen LogP contribution in [0.5, 0.6) is 0 Å². The zero-order valence-electron chi connectivity index (χ0n) is 12.6. The Balaban J connectivity index is 2.52. The Morgan fingerprint density at radius 3 is 2.63 bits per heavy atom. The number of allylic oxidation sites excluding steroid dienone is 2. The minimum absolute atomic E-state index is 0.731. The van der Waals surface area contributed by atoms with Crippen molar-refractivity contribution < 1.29 is 0 Å². The fourth-order valence-electron chi connectivity index (χ4n) is 2.57. The molecule has 0 heteroatoms. The summed E-state index contributed by atoms with van der Waals surface area (Å²) in [6, 6.07) is 8.61. The highest BCUT2D eigenvalue weighted by Gasteiger charge is 2.06. The molecule has 0 fully saturated rings. The van der Waals surface area contributed by atoms with Crippen LogP contribution in [0.25, 0.3) is 6.08 Å². The van der Waals surface area contributed by atoms with Gasteiger partial charge in [0.2, 0.25) is 0 Å². The minimum atomic E-state index is 0.731. The van der Waals surface area contributed by atoms with Crippen LogP contribution in [-0.2, 0) is 6.42 Å². The zero-order chi connectivity index (χ0) is 13.9. The first-order chi connectivity index (χ1) is 9.31. The average molecular weight is 256 g/mol. The van der Waals surface area contributed by atoms with E-state index in [-0.39, 0.29) is 0 Å². The lowest BCUT2D eigenvalue weighted by Gasteiger charge is -2.13. The van der Waals surface area contributed by atoms with Gasteiger partial charge in [0.1, 0.15) is 0 Å². The molecule has 0 aliphatic carbocycles. The fraction of sp³-hybridized carbons (Fsp3) is 0.474. The maximum absolute atomic E-state index is 3.90. The highest BCUT2D eigenvalue weighted by Crippen LogP contribution is 2.20. The van der Waals surface area contributed by atoms with E-state index in [1.54, 1.807) is 0 Å². The number of rotatable bonds is 9. The topological polar surface area (TPSA) is 0 Å². The molecule has 0 aliphatic heterocycles. The summed E-state index contributed by atoms with van der Waals surface area (Å²) in [7, 11) is 0. The van der Waals surface area contributed by atoms with Crippen molar-refractivity contribution >= 4 is 6.08 Å². The maximum atomic E-state index is 3.90. The highest BCUT2D eigenvalue weighted by atomic mass is 14.1. The molecule has 0 aromatic heterocycles.